The molecule has 5 nitrogen and oxygen atoms in total. The fraction of sp³-hybridized carbons (Fsp3) is 0.579. The van der Waals surface area contributed by atoms with Gasteiger partial charge in [0.25, 0.3) is 0 Å². The summed E-state index contributed by atoms with van der Waals surface area (Å²) in [5.41, 5.74) is 0.653. The van der Waals surface area contributed by atoms with E-state index in [-0.39, 0.29) is 11.8 Å². The van der Waals surface area contributed by atoms with Crippen LogP contribution in [0.25, 0.3) is 5.52 Å². The summed E-state index contributed by atoms with van der Waals surface area (Å²) >= 11 is 1.95. The van der Waals surface area contributed by atoms with E-state index in [1.54, 1.807) is 0 Å². The summed E-state index contributed by atoms with van der Waals surface area (Å²) in [6.07, 6.45) is 6.63. The Morgan fingerprint density at radius 1 is 1.36 bits per heavy atom. The van der Waals surface area contributed by atoms with Gasteiger partial charge in [-0.2, -0.15) is 0 Å². The third-order valence-electron chi connectivity index (χ3n) is 5.74. The second-order valence-electron chi connectivity index (χ2n) is 8.15. The average Bonchev–Trinajstić information content (AvgIpc) is 3.40. The van der Waals surface area contributed by atoms with Gasteiger partial charge < -0.3 is 15.0 Å². The molecule has 0 radical (unpaired) electrons. The van der Waals surface area contributed by atoms with Gasteiger partial charge in [-0.1, -0.05) is 0 Å². The number of rotatable bonds is 5. The molecule has 3 fully saturated rings. The van der Waals surface area contributed by atoms with Gasteiger partial charge in [-0.3, -0.25) is 4.79 Å². The normalized spacial score (nSPS) is 28.2. The second kappa shape index (κ2) is 5.48. The van der Waals surface area contributed by atoms with Crippen molar-refractivity contribution < 1.29 is 4.79 Å². The maximum Gasteiger partial charge on any atom is 0.224 e. The highest BCUT2D eigenvalue weighted by Gasteiger charge is 2.57. The fourth-order valence-corrected chi connectivity index (χ4v) is 5.34. The molecule has 2 saturated carbocycles. The van der Waals surface area contributed by atoms with E-state index in [9.17, 15) is 4.79 Å². The standard InChI is InChI=1S/C19H24N4OS/c1-19(2,22-17(24)16-12-8-20-9-13(12)16)18-21-10-14-15(25-11-5-6-11)4-3-7-23(14)18/h3-4,7,10-13,16,20H,5-6,8-9H2,1-2H3,(H,22,24)/t12-,13+,16?. The number of carbonyl (C=O) groups is 1. The molecule has 25 heavy (non-hydrogen) atoms. The summed E-state index contributed by atoms with van der Waals surface area (Å²) < 4.78 is 2.14. The minimum absolute atomic E-state index is 0.182. The number of aromatic nitrogens is 2. The highest BCUT2D eigenvalue weighted by atomic mass is 32.2. The zero-order valence-electron chi connectivity index (χ0n) is 14.7. The molecular formula is C19H24N4OS. The first-order valence-electron chi connectivity index (χ1n) is 9.20. The van der Waals surface area contributed by atoms with Crippen molar-refractivity contribution in [1.82, 2.24) is 20.0 Å². The minimum atomic E-state index is -0.489. The van der Waals surface area contributed by atoms with E-state index in [0.29, 0.717) is 11.8 Å². The van der Waals surface area contributed by atoms with Gasteiger partial charge in [0.1, 0.15) is 5.82 Å². The number of thioether (sulfide) groups is 1. The Hall–Kier alpha value is -1.53. The number of hydrogen-bond donors (Lipinski definition) is 2. The van der Waals surface area contributed by atoms with E-state index in [4.69, 9.17) is 0 Å². The molecule has 0 bridgehead atoms. The summed E-state index contributed by atoms with van der Waals surface area (Å²) in [5, 5.41) is 7.37. The van der Waals surface area contributed by atoms with Crippen LogP contribution in [0.1, 0.15) is 32.5 Å². The third kappa shape index (κ3) is 2.66. The molecular weight excluding hydrogens is 332 g/mol. The van der Waals surface area contributed by atoms with Crippen LogP contribution in [-0.2, 0) is 10.3 Å². The SMILES string of the molecule is CC(C)(NC(=O)C1[C@H]2CNC[C@@H]12)c1ncc2c(SC3CC3)cccn12. The zero-order chi connectivity index (χ0) is 17.2. The lowest BCUT2D eigenvalue weighted by atomic mass is 10.0. The van der Waals surface area contributed by atoms with Crippen LogP contribution in [-0.4, -0.2) is 33.6 Å². The largest absolute Gasteiger partial charge is 0.344 e. The molecule has 1 saturated heterocycles. The summed E-state index contributed by atoms with van der Waals surface area (Å²) in [6.45, 7) is 6.07. The third-order valence-corrected chi connectivity index (χ3v) is 7.14. The second-order valence-corrected chi connectivity index (χ2v) is 9.49. The van der Waals surface area contributed by atoms with Crippen LogP contribution in [0.15, 0.2) is 29.4 Å². The van der Waals surface area contributed by atoms with E-state index < -0.39 is 5.54 Å². The molecule has 3 aliphatic rings. The van der Waals surface area contributed by atoms with Gasteiger partial charge in [-0.05, 0) is 63.7 Å². The maximum atomic E-state index is 12.7. The highest BCUT2D eigenvalue weighted by Crippen LogP contribution is 2.49. The number of amides is 1. The van der Waals surface area contributed by atoms with Crippen LogP contribution in [0.5, 0.6) is 0 Å². The van der Waals surface area contributed by atoms with E-state index >= 15 is 0 Å². The zero-order valence-corrected chi connectivity index (χ0v) is 15.5. The predicted molar refractivity (Wildman–Crippen MR) is 98.6 cm³/mol. The van der Waals surface area contributed by atoms with Gasteiger partial charge in [-0.15, -0.1) is 11.8 Å². The smallest absolute Gasteiger partial charge is 0.224 e. The highest BCUT2D eigenvalue weighted by molar-refractivity contribution is 8.00. The molecule has 132 valence electrons. The number of hydrogen-bond acceptors (Lipinski definition) is 4. The lowest BCUT2D eigenvalue weighted by molar-refractivity contribution is -0.124. The van der Waals surface area contributed by atoms with E-state index in [1.165, 1.54) is 17.7 Å². The van der Waals surface area contributed by atoms with Crippen LogP contribution in [0.4, 0.5) is 0 Å². The van der Waals surface area contributed by atoms with Crippen molar-refractivity contribution in [2.75, 3.05) is 13.1 Å². The van der Waals surface area contributed by atoms with Crippen LogP contribution in [0, 0.1) is 17.8 Å². The Labute approximate surface area is 152 Å². The number of piperidine rings is 1. The molecule has 0 spiro atoms. The fourth-order valence-electron chi connectivity index (χ4n) is 4.18. The number of carbonyl (C=O) groups excluding carboxylic acids is 1. The molecule has 2 N–H and O–H groups in total. The Morgan fingerprint density at radius 2 is 2.12 bits per heavy atom. The summed E-state index contributed by atoms with van der Waals surface area (Å²) in [7, 11) is 0. The molecule has 5 rings (SSSR count). The van der Waals surface area contributed by atoms with Gasteiger partial charge in [-0.25, -0.2) is 4.98 Å². The molecule has 3 heterocycles. The number of pyridine rings is 1. The molecule has 2 aromatic heterocycles. The van der Waals surface area contributed by atoms with Crippen molar-refractivity contribution in [3.05, 3.63) is 30.4 Å². The van der Waals surface area contributed by atoms with Crippen molar-refractivity contribution in [2.24, 2.45) is 17.8 Å². The Bertz CT molecular complexity index is 831. The predicted octanol–water partition coefficient (Wildman–Crippen LogP) is 2.41. The minimum Gasteiger partial charge on any atom is -0.344 e. The summed E-state index contributed by atoms with van der Waals surface area (Å²) in [4.78, 5) is 18.7. The molecule has 3 atom stereocenters. The van der Waals surface area contributed by atoms with Crippen molar-refractivity contribution in [1.29, 1.82) is 0 Å². The number of fused-ring (bicyclic) bond motifs is 2. The monoisotopic (exact) mass is 356 g/mol. The van der Waals surface area contributed by atoms with Gasteiger partial charge >= 0.3 is 0 Å². The molecule has 1 aliphatic heterocycles. The molecule has 2 aliphatic carbocycles. The first-order chi connectivity index (χ1) is 12.0. The first kappa shape index (κ1) is 15.7. The lowest BCUT2D eigenvalue weighted by Gasteiger charge is -2.26. The first-order valence-corrected chi connectivity index (χ1v) is 10.1. The van der Waals surface area contributed by atoms with Crippen molar-refractivity contribution >= 4 is 23.2 Å². The number of imidazole rings is 1. The van der Waals surface area contributed by atoms with Crippen molar-refractivity contribution in [3.8, 4) is 0 Å². The van der Waals surface area contributed by atoms with Gasteiger partial charge in [0.15, 0.2) is 0 Å². The molecule has 2 aromatic rings. The Balaban J connectivity index is 1.40. The van der Waals surface area contributed by atoms with E-state index in [2.05, 4.69) is 52.2 Å². The Morgan fingerprint density at radius 3 is 2.84 bits per heavy atom. The molecule has 0 aromatic carbocycles. The molecule has 1 unspecified atom stereocenters. The van der Waals surface area contributed by atoms with Crippen molar-refractivity contribution in [3.63, 3.8) is 0 Å². The quantitative estimate of drug-likeness (QED) is 0.864. The van der Waals surface area contributed by atoms with Crippen LogP contribution in [0.3, 0.4) is 0 Å². The van der Waals surface area contributed by atoms with Gasteiger partial charge in [0.05, 0.1) is 17.3 Å². The van der Waals surface area contributed by atoms with Crippen LogP contribution < -0.4 is 10.6 Å². The maximum absolute atomic E-state index is 12.7. The number of nitrogens with zero attached hydrogens (tertiary/aromatic N) is 2. The number of nitrogens with one attached hydrogen (secondary N) is 2. The van der Waals surface area contributed by atoms with E-state index in [1.807, 2.05) is 18.0 Å². The van der Waals surface area contributed by atoms with Crippen molar-refractivity contribution in [2.45, 2.75) is 42.4 Å². The topological polar surface area (TPSA) is 58.4 Å². The lowest BCUT2D eigenvalue weighted by Crippen LogP contribution is -2.44. The van der Waals surface area contributed by atoms with Gasteiger partial charge in [0.2, 0.25) is 5.91 Å². The van der Waals surface area contributed by atoms with Crippen LogP contribution >= 0.6 is 11.8 Å². The molecule has 6 heteroatoms. The molecule has 1 amide bonds. The Kier molecular flexibility index (Phi) is 3.44. The van der Waals surface area contributed by atoms with Gasteiger partial charge in [0, 0.05) is 22.3 Å². The average molecular weight is 356 g/mol. The summed E-state index contributed by atoms with van der Waals surface area (Å²) in [5.74, 6) is 2.34. The van der Waals surface area contributed by atoms with E-state index in [0.717, 1.165) is 29.7 Å². The summed E-state index contributed by atoms with van der Waals surface area (Å²) in [6, 6.07) is 4.26. The van der Waals surface area contributed by atoms with Crippen LogP contribution in [0.2, 0.25) is 0 Å².